The highest BCUT2D eigenvalue weighted by Crippen LogP contribution is 2.38. The molecule has 0 bridgehead atoms. The van der Waals surface area contributed by atoms with E-state index in [1.165, 1.54) is 5.56 Å². The van der Waals surface area contributed by atoms with Gasteiger partial charge in [0.15, 0.2) is 5.65 Å². The molecule has 126 valence electrons. The Bertz CT molecular complexity index is 1220. The Kier molecular flexibility index (Phi) is 3.37. The number of nitriles is 1. The molecule has 5 heteroatoms. The van der Waals surface area contributed by atoms with Crippen LogP contribution < -0.4 is 5.32 Å². The lowest BCUT2D eigenvalue weighted by molar-refractivity contribution is 0.910. The van der Waals surface area contributed by atoms with Crippen LogP contribution in [0.5, 0.6) is 0 Å². The summed E-state index contributed by atoms with van der Waals surface area (Å²) in [4.78, 5) is 4.76. The highest BCUT2D eigenvalue weighted by Gasteiger charge is 2.26. The van der Waals surface area contributed by atoms with E-state index in [0.29, 0.717) is 16.2 Å². The molecule has 5 rings (SSSR count). The molecular weight excluding hydrogens is 344 g/mol. The molecule has 0 radical (unpaired) electrons. The summed E-state index contributed by atoms with van der Waals surface area (Å²) in [6.45, 7) is 0. The van der Waals surface area contributed by atoms with Gasteiger partial charge in [-0.1, -0.05) is 35.9 Å². The summed E-state index contributed by atoms with van der Waals surface area (Å²) < 4.78 is 2.07. The van der Waals surface area contributed by atoms with Crippen LogP contribution >= 0.6 is 11.6 Å². The highest BCUT2D eigenvalue weighted by molar-refractivity contribution is 6.33. The molecule has 1 aliphatic rings. The van der Waals surface area contributed by atoms with Crippen molar-refractivity contribution >= 4 is 39.8 Å². The fourth-order valence-corrected chi connectivity index (χ4v) is 4.09. The molecule has 2 aromatic carbocycles. The molecule has 0 atom stereocenters. The molecule has 2 aromatic heterocycles. The first-order valence-corrected chi connectivity index (χ1v) is 9.02. The van der Waals surface area contributed by atoms with Crippen molar-refractivity contribution in [2.24, 2.45) is 0 Å². The minimum Gasteiger partial charge on any atom is -0.340 e. The predicted octanol–water partition coefficient (Wildman–Crippen LogP) is 5.24. The summed E-state index contributed by atoms with van der Waals surface area (Å²) in [6.07, 6.45) is 2.90. The molecular formula is C21H15ClN4. The third kappa shape index (κ3) is 2.11. The van der Waals surface area contributed by atoms with Gasteiger partial charge in [-0.05, 0) is 54.7 Å². The van der Waals surface area contributed by atoms with E-state index >= 15 is 0 Å². The SMILES string of the molecule is N#Cc1c2c(c(Nc3ccccc3Cl)n3c1nc1ccccc13)CCC2. The smallest absolute Gasteiger partial charge is 0.157 e. The Hall–Kier alpha value is -3.03. The Labute approximate surface area is 155 Å². The number of nitrogens with zero attached hydrogens (tertiary/aromatic N) is 3. The summed E-state index contributed by atoms with van der Waals surface area (Å²) in [5.41, 5.74) is 6.44. The van der Waals surface area contributed by atoms with Crippen molar-refractivity contribution in [3.8, 4) is 6.07 Å². The van der Waals surface area contributed by atoms with Crippen LogP contribution in [-0.2, 0) is 12.8 Å². The number of hydrogen-bond donors (Lipinski definition) is 1. The fraction of sp³-hybridized carbons (Fsp3) is 0.143. The Morgan fingerprint density at radius 2 is 1.81 bits per heavy atom. The molecule has 0 spiro atoms. The van der Waals surface area contributed by atoms with E-state index in [0.717, 1.165) is 47.4 Å². The molecule has 0 fully saturated rings. The zero-order chi connectivity index (χ0) is 17.7. The van der Waals surface area contributed by atoms with Gasteiger partial charge < -0.3 is 5.32 Å². The fourth-order valence-electron chi connectivity index (χ4n) is 3.91. The van der Waals surface area contributed by atoms with Gasteiger partial charge in [0.05, 0.1) is 27.3 Å². The van der Waals surface area contributed by atoms with Crippen LogP contribution in [-0.4, -0.2) is 9.38 Å². The van der Waals surface area contributed by atoms with Gasteiger partial charge in [0.1, 0.15) is 11.9 Å². The highest BCUT2D eigenvalue weighted by atomic mass is 35.5. The maximum absolute atomic E-state index is 9.80. The number of imidazole rings is 1. The molecule has 4 aromatic rings. The lowest BCUT2D eigenvalue weighted by atomic mass is 10.1. The molecule has 0 saturated heterocycles. The molecule has 1 N–H and O–H groups in total. The molecule has 0 saturated carbocycles. The molecule has 1 aliphatic carbocycles. The van der Waals surface area contributed by atoms with E-state index in [1.807, 2.05) is 48.5 Å². The maximum Gasteiger partial charge on any atom is 0.157 e. The van der Waals surface area contributed by atoms with Crippen LogP contribution in [0.25, 0.3) is 16.7 Å². The van der Waals surface area contributed by atoms with E-state index in [-0.39, 0.29) is 0 Å². The van der Waals surface area contributed by atoms with Gasteiger partial charge in [-0.25, -0.2) is 4.98 Å². The average molecular weight is 359 g/mol. The van der Waals surface area contributed by atoms with Crippen LogP contribution in [0.1, 0.15) is 23.1 Å². The van der Waals surface area contributed by atoms with Gasteiger partial charge in [0.25, 0.3) is 0 Å². The summed E-state index contributed by atoms with van der Waals surface area (Å²) in [5, 5.41) is 14.0. The number of nitrogens with one attached hydrogen (secondary N) is 1. The van der Waals surface area contributed by atoms with Crippen molar-refractivity contribution in [2.75, 3.05) is 5.32 Å². The van der Waals surface area contributed by atoms with Gasteiger partial charge in [-0.15, -0.1) is 0 Å². The van der Waals surface area contributed by atoms with Gasteiger partial charge in [-0.2, -0.15) is 5.26 Å². The molecule has 26 heavy (non-hydrogen) atoms. The summed E-state index contributed by atoms with van der Waals surface area (Å²) in [6, 6.07) is 18.1. The number of fused-ring (bicyclic) bond motifs is 4. The number of para-hydroxylation sites is 3. The van der Waals surface area contributed by atoms with E-state index in [1.54, 1.807) is 0 Å². The van der Waals surface area contributed by atoms with Crippen molar-refractivity contribution in [3.63, 3.8) is 0 Å². The maximum atomic E-state index is 9.80. The number of rotatable bonds is 2. The van der Waals surface area contributed by atoms with Crippen LogP contribution in [0, 0.1) is 11.3 Å². The lowest BCUT2D eigenvalue weighted by Crippen LogP contribution is -2.06. The number of hydrogen-bond acceptors (Lipinski definition) is 3. The third-order valence-electron chi connectivity index (χ3n) is 5.05. The Morgan fingerprint density at radius 1 is 1.04 bits per heavy atom. The summed E-state index contributed by atoms with van der Waals surface area (Å²) in [7, 11) is 0. The zero-order valence-electron chi connectivity index (χ0n) is 14.0. The first-order chi connectivity index (χ1) is 12.8. The monoisotopic (exact) mass is 358 g/mol. The topological polar surface area (TPSA) is 53.1 Å². The van der Waals surface area contributed by atoms with Crippen molar-refractivity contribution < 1.29 is 0 Å². The first kappa shape index (κ1) is 15.2. The number of pyridine rings is 1. The largest absolute Gasteiger partial charge is 0.340 e. The zero-order valence-corrected chi connectivity index (χ0v) is 14.7. The van der Waals surface area contributed by atoms with E-state index in [9.17, 15) is 5.26 Å². The standard InChI is InChI=1S/C21H15ClN4/c22-16-8-1-2-9-17(16)24-20-14-7-5-6-13(14)15(12-23)21-25-18-10-3-4-11-19(18)26(20)21/h1-4,8-11,24H,5-7H2. The van der Waals surface area contributed by atoms with Crippen molar-refractivity contribution in [1.82, 2.24) is 9.38 Å². The molecule has 2 heterocycles. The van der Waals surface area contributed by atoms with Crippen LogP contribution in [0.2, 0.25) is 5.02 Å². The quantitative estimate of drug-likeness (QED) is 0.532. The van der Waals surface area contributed by atoms with Crippen LogP contribution in [0.3, 0.4) is 0 Å². The number of benzene rings is 2. The van der Waals surface area contributed by atoms with E-state index in [4.69, 9.17) is 16.6 Å². The summed E-state index contributed by atoms with van der Waals surface area (Å²) >= 11 is 6.39. The number of halogens is 1. The average Bonchev–Trinajstić information content (AvgIpc) is 3.28. The Balaban J connectivity index is 1.90. The third-order valence-corrected chi connectivity index (χ3v) is 5.38. The number of aromatic nitrogens is 2. The molecule has 0 aliphatic heterocycles. The van der Waals surface area contributed by atoms with Crippen molar-refractivity contribution in [1.29, 1.82) is 5.26 Å². The van der Waals surface area contributed by atoms with E-state index in [2.05, 4.69) is 15.8 Å². The lowest BCUT2D eigenvalue weighted by Gasteiger charge is -2.17. The van der Waals surface area contributed by atoms with Crippen LogP contribution in [0.4, 0.5) is 11.5 Å². The molecule has 0 unspecified atom stereocenters. The van der Waals surface area contributed by atoms with Gasteiger partial charge in [-0.3, -0.25) is 4.40 Å². The molecule has 4 nitrogen and oxygen atoms in total. The van der Waals surface area contributed by atoms with Crippen molar-refractivity contribution in [3.05, 3.63) is 70.2 Å². The second-order valence-corrected chi connectivity index (χ2v) is 6.92. The van der Waals surface area contributed by atoms with Gasteiger partial charge in [0.2, 0.25) is 0 Å². The normalized spacial score (nSPS) is 13.1. The first-order valence-electron chi connectivity index (χ1n) is 8.64. The molecule has 0 amide bonds. The van der Waals surface area contributed by atoms with Crippen molar-refractivity contribution in [2.45, 2.75) is 19.3 Å². The number of anilines is 2. The second kappa shape index (κ2) is 5.76. The summed E-state index contributed by atoms with van der Waals surface area (Å²) in [5.74, 6) is 0.966. The predicted molar refractivity (Wildman–Crippen MR) is 104 cm³/mol. The minimum absolute atomic E-state index is 0.668. The van der Waals surface area contributed by atoms with Gasteiger partial charge in [0, 0.05) is 0 Å². The minimum atomic E-state index is 0.668. The Morgan fingerprint density at radius 3 is 2.65 bits per heavy atom. The van der Waals surface area contributed by atoms with E-state index < -0.39 is 0 Å². The second-order valence-electron chi connectivity index (χ2n) is 6.51. The van der Waals surface area contributed by atoms with Crippen LogP contribution in [0.15, 0.2) is 48.5 Å². The van der Waals surface area contributed by atoms with Gasteiger partial charge >= 0.3 is 0 Å².